The van der Waals surface area contributed by atoms with Crippen molar-refractivity contribution in [3.8, 4) is 0 Å². The molecule has 1 aromatic heterocycles. The van der Waals surface area contributed by atoms with Crippen molar-refractivity contribution in [1.29, 1.82) is 0 Å². The molecule has 0 saturated carbocycles. The summed E-state index contributed by atoms with van der Waals surface area (Å²) in [5.41, 5.74) is 0. The first-order chi connectivity index (χ1) is 7.79. The van der Waals surface area contributed by atoms with E-state index in [1.54, 1.807) is 0 Å². The first kappa shape index (κ1) is 14.6. The van der Waals surface area contributed by atoms with E-state index in [-0.39, 0.29) is 0 Å². The van der Waals surface area contributed by atoms with Gasteiger partial charge in [0.2, 0.25) is 0 Å². The number of nitrogens with one attached hydrogen (secondary N) is 1. The molecule has 1 aromatic rings. The summed E-state index contributed by atoms with van der Waals surface area (Å²) in [7, 11) is 0. The van der Waals surface area contributed by atoms with E-state index in [0.717, 1.165) is 6.54 Å². The van der Waals surface area contributed by atoms with Crippen LogP contribution >= 0.6 is 39.0 Å². The van der Waals surface area contributed by atoms with Crippen LogP contribution in [-0.4, -0.2) is 18.1 Å². The largest absolute Gasteiger partial charge is 0.309 e. The normalized spacial score (nSPS) is 12.9. The molecular formula is C12H20BrNS2. The molecule has 0 aliphatic rings. The van der Waals surface area contributed by atoms with Crippen molar-refractivity contribution in [1.82, 2.24) is 5.32 Å². The molecule has 4 heteroatoms. The summed E-state index contributed by atoms with van der Waals surface area (Å²) in [6.45, 7) is 5.55. The van der Waals surface area contributed by atoms with E-state index < -0.39 is 0 Å². The topological polar surface area (TPSA) is 12.0 Å². The minimum atomic E-state index is 0.505. The fourth-order valence-electron chi connectivity index (χ4n) is 1.45. The summed E-state index contributed by atoms with van der Waals surface area (Å²) in [4.78, 5) is 1.44. The van der Waals surface area contributed by atoms with Crippen LogP contribution in [0.15, 0.2) is 15.9 Å². The van der Waals surface area contributed by atoms with Crippen LogP contribution in [0.5, 0.6) is 0 Å². The van der Waals surface area contributed by atoms with Gasteiger partial charge >= 0.3 is 0 Å². The van der Waals surface area contributed by atoms with Gasteiger partial charge < -0.3 is 5.32 Å². The first-order valence-electron chi connectivity index (χ1n) is 5.83. The highest BCUT2D eigenvalue weighted by atomic mass is 79.9. The molecule has 1 nitrogen and oxygen atoms in total. The molecule has 0 aliphatic heterocycles. The van der Waals surface area contributed by atoms with Gasteiger partial charge in [-0.05, 0) is 52.5 Å². The first-order valence-corrected chi connectivity index (χ1v) is 8.66. The van der Waals surface area contributed by atoms with E-state index in [2.05, 4.69) is 46.5 Å². The van der Waals surface area contributed by atoms with Gasteiger partial charge in [-0.2, -0.15) is 11.8 Å². The molecule has 0 amide bonds. The lowest BCUT2D eigenvalue weighted by Crippen LogP contribution is -2.23. The Hall–Kier alpha value is 0.490. The van der Waals surface area contributed by atoms with Crippen molar-refractivity contribution in [2.75, 3.05) is 18.1 Å². The molecular weight excluding hydrogens is 302 g/mol. The summed E-state index contributed by atoms with van der Waals surface area (Å²) in [6.07, 6.45) is 2.45. The zero-order valence-corrected chi connectivity index (χ0v) is 13.2. The van der Waals surface area contributed by atoms with E-state index in [9.17, 15) is 0 Å². The van der Waals surface area contributed by atoms with Crippen molar-refractivity contribution >= 4 is 39.0 Å². The lowest BCUT2D eigenvalue weighted by Gasteiger charge is -2.17. The lowest BCUT2D eigenvalue weighted by molar-refractivity contribution is 0.583. The Morgan fingerprint density at radius 2 is 2.25 bits per heavy atom. The van der Waals surface area contributed by atoms with Gasteiger partial charge in [-0.3, -0.25) is 0 Å². The van der Waals surface area contributed by atoms with Gasteiger partial charge in [-0.1, -0.05) is 13.8 Å². The molecule has 0 saturated heterocycles. The molecule has 1 unspecified atom stereocenters. The smallest absolute Gasteiger partial charge is 0.0518 e. The minimum Gasteiger partial charge on any atom is -0.309 e. The number of thioether (sulfide) groups is 1. The minimum absolute atomic E-state index is 0.505. The van der Waals surface area contributed by atoms with Crippen LogP contribution in [-0.2, 0) is 0 Å². The summed E-state index contributed by atoms with van der Waals surface area (Å²) < 4.78 is 1.25. The van der Waals surface area contributed by atoms with Crippen molar-refractivity contribution < 1.29 is 0 Å². The fourth-order valence-corrected chi connectivity index (χ4v) is 4.25. The Kier molecular flexibility index (Phi) is 7.79. The number of hydrogen-bond donors (Lipinski definition) is 1. The third kappa shape index (κ3) is 4.78. The van der Waals surface area contributed by atoms with Crippen molar-refractivity contribution in [3.63, 3.8) is 0 Å². The van der Waals surface area contributed by atoms with Gasteiger partial charge in [0.1, 0.15) is 0 Å². The van der Waals surface area contributed by atoms with Crippen molar-refractivity contribution in [3.05, 3.63) is 20.8 Å². The Morgan fingerprint density at radius 1 is 1.44 bits per heavy atom. The highest BCUT2D eigenvalue weighted by molar-refractivity contribution is 9.10. The maximum absolute atomic E-state index is 3.63. The molecule has 0 bridgehead atoms. The zero-order chi connectivity index (χ0) is 11.8. The molecule has 1 heterocycles. The molecule has 0 radical (unpaired) electrons. The number of hydrogen-bond acceptors (Lipinski definition) is 3. The van der Waals surface area contributed by atoms with Gasteiger partial charge in [0.25, 0.3) is 0 Å². The number of halogens is 1. The SMILES string of the molecule is CCCNC(CSCCC)c1sccc1Br. The molecule has 16 heavy (non-hydrogen) atoms. The fraction of sp³-hybridized carbons (Fsp3) is 0.667. The third-order valence-electron chi connectivity index (χ3n) is 2.23. The highest BCUT2D eigenvalue weighted by Gasteiger charge is 2.14. The van der Waals surface area contributed by atoms with Gasteiger partial charge in [-0.25, -0.2) is 0 Å². The molecule has 0 aromatic carbocycles. The van der Waals surface area contributed by atoms with E-state index in [4.69, 9.17) is 0 Å². The number of thiophene rings is 1. The number of rotatable bonds is 8. The monoisotopic (exact) mass is 321 g/mol. The summed E-state index contributed by atoms with van der Waals surface area (Å²) in [6, 6.07) is 2.65. The summed E-state index contributed by atoms with van der Waals surface area (Å²) >= 11 is 7.51. The highest BCUT2D eigenvalue weighted by Crippen LogP contribution is 2.31. The van der Waals surface area contributed by atoms with Crippen LogP contribution in [0, 0.1) is 0 Å². The predicted molar refractivity (Wildman–Crippen MR) is 80.7 cm³/mol. The van der Waals surface area contributed by atoms with E-state index in [1.807, 2.05) is 23.1 Å². The van der Waals surface area contributed by atoms with Gasteiger partial charge in [0.15, 0.2) is 0 Å². The predicted octanol–water partition coefficient (Wildman–Crippen LogP) is 4.69. The van der Waals surface area contributed by atoms with E-state index in [1.165, 1.54) is 33.7 Å². The molecule has 1 rings (SSSR count). The Morgan fingerprint density at radius 3 is 2.81 bits per heavy atom. The summed E-state index contributed by atoms with van der Waals surface area (Å²) in [5, 5.41) is 5.79. The third-order valence-corrected chi connectivity index (χ3v) is 5.49. The van der Waals surface area contributed by atoms with Crippen molar-refractivity contribution in [2.24, 2.45) is 0 Å². The Labute approximate surface area is 116 Å². The van der Waals surface area contributed by atoms with Crippen LogP contribution in [0.1, 0.15) is 37.6 Å². The maximum Gasteiger partial charge on any atom is 0.0518 e. The zero-order valence-electron chi connectivity index (χ0n) is 9.96. The molecule has 0 fully saturated rings. The molecule has 0 aliphatic carbocycles. The van der Waals surface area contributed by atoms with Crippen molar-refractivity contribution in [2.45, 2.75) is 32.7 Å². The van der Waals surface area contributed by atoms with E-state index in [0.29, 0.717) is 6.04 Å². The quantitative estimate of drug-likeness (QED) is 0.697. The summed E-state index contributed by atoms with van der Waals surface area (Å²) in [5.74, 6) is 2.43. The second-order valence-electron chi connectivity index (χ2n) is 3.71. The lowest BCUT2D eigenvalue weighted by atomic mass is 10.2. The maximum atomic E-state index is 3.63. The molecule has 92 valence electrons. The van der Waals surface area contributed by atoms with Crippen LogP contribution < -0.4 is 5.32 Å². The molecule has 1 atom stereocenters. The van der Waals surface area contributed by atoms with E-state index >= 15 is 0 Å². The average molecular weight is 322 g/mol. The molecule has 0 spiro atoms. The standard InChI is InChI=1S/C12H20BrNS2/c1-3-6-14-11(9-15-7-4-2)12-10(13)5-8-16-12/h5,8,11,14H,3-4,6-7,9H2,1-2H3. The van der Waals surface area contributed by atoms with Crippen LogP contribution in [0.3, 0.4) is 0 Å². The van der Waals surface area contributed by atoms with Crippen LogP contribution in [0.4, 0.5) is 0 Å². The van der Waals surface area contributed by atoms with Gasteiger partial charge in [0.05, 0.1) is 6.04 Å². The second-order valence-corrected chi connectivity index (χ2v) is 6.67. The molecule has 1 N–H and O–H groups in total. The Balaban J connectivity index is 2.53. The van der Waals surface area contributed by atoms with Gasteiger partial charge in [-0.15, -0.1) is 11.3 Å². The van der Waals surface area contributed by atoms with Crippen LogP contribution in [0.2, 0.25) is 0 Å². The second kappa shape index (κ2) is 8.56. The Bertz CT molecular complexity index is 288. The van der Waals surface area contributed by atoms with Gasteiger partial charge in [0, 0.05) is 15.1 Å². The van der Waals surface area contributed by atoms with Crippen LogP contribution in [0.25, 0.3) is 0 Å². The average Bonchev–Trinajstić information content (AvgIpc) is 2.70.